The van der Waals surface area contributed by atoms with E-state index in [1.165, 1.54) is 0 Å². The Labute approximate surface area is 179 Å². The van der Waals surface area contributed by atoms with Gasteiger partial charge in [0, 0.05) is 12.1 Å². The van der Waals surface area contributed by atoms with E-state index >= 15 is 0 Å². The molecular formula is C25H20N2O4. The zero-order valence-corrected chi connectivity index (χ0v) is 16.8. The van der Waals surface area contributed by atoms with Crippen molar-refractivity contribution < 1.29 is 18.7 Å². The molecule has 3 heterocycles. The van der Waals surface area contributed by atoms with E-state index in [1.54, 1.807) is 18.2 Å². The molecule has 1 atom stereocenters. The van der Waals surface area contributed by atoms with Gasteiger partial charge in [-0.05, 0) is 54.3 Å². The number of carbonyl (C=O) groups is 1. The van der Waals surface area contributed by atoms with Crippen LogP contribution in [0.3, 0.4) is 0 Å². The third-order valence-electron chi connectivity index (χ3n) is 5.93. The van der Waals surface area contributed by atoms with Gasteiger partial charge in [-0.3, -0.25) is 4.79 Å². The lowest BCUT2D eigenvalue weighted by Crippen LogP contribution is -2.30. The fraction of sp³-hybridized carbons (Fsp3) is 0.200. The molecule has 0 aliphatic carbocycles. The SMILES string of the molecule is O=C(c1ccc2c(c1)OCO2)N1CCC[C@H]1c1nc2cc(-c3ccccc3)ccc2o1. The quantitative estimate of drug-likeness (QED) is 0.463. The molecule has 1 saturated heterocycles. The molecule has 154 valence electrons. The van der Waals surface area contributed by atoms with Gasteiger partial charge < -0.3 is 18.8 Å². The van der Waals surface area contributed by atoms with Crippen LogP contribution in [0.5, 0.6) is 11.5 Å². The molecule has 6 nitrogen and oxygen atoms in total. The first kappa shape index (κ1) is 18.0. The number of rotatable bonds is 3. The number of aromatic nitrogens is 1. The summed E-state index contributed by atoms with van der Waals surface area (Å²) in [6.07, 6.45) is 1.74. The summed E-state index contributed by atoms with van der Waals surface area (Å²) in [6, 6.07) is 21.4. The molecule has 3 aromatic carbocycles. The van der Waals surface area contributed by atoms with Gasteiger partial charge in [-0.2, -0.15) is 0 Å². The maximum Gasteiger partial charge on any atom is 0.254 e. The number of hydrogen-bond acceptors (Lipinski definition) is 5. The van der Waals surface area contributed by atoms with Crippen LogP contribution in [-0.4, -0.2) is 29.1 Å². The number of fused-ring (bicyclic) bond motifs is 2. The lowest BCUT2D eigenvalue weighted by molar-refractivity contribution is 0.0716. The normalized spacial score (nSPS) is 17.4. The number of benzene rings is 3. The maximum absolute atomic E-state index is 13.2. The van der Waals surface area contributed by atoms with Crippen LogP contribution in [0, 0.1) is 0 Å². The summed E-state index contributed by atoms with van der Waals surface area (Å²) in [5.74, 6) is 1.82. The van der Waals surface area contributed by atoms with E-state index in [0.29, 0.717) is 29.5 Å². The number of amides is 1. The van der Waals surface area contributed by atoms with Gasteiger partial charge in [0.15, 0.2) is 17.1 Å². The Hall–Kier alpha value is -3.80. The summed E-state index contributed by atoms with van der Waals surface area (Å²) >= 11 is 0. The summed E-state index contributed by atoms with van der Waals surface area (Å²) in [4.78, 5) is 19.9. The molecule has 1 fully saturated rings. The van der Waals surface area contributed by atoms with Gasteiger partial charge in [-0.15, -0.1) is 0 Å². The van der Waals surface area contributed by atoms with Gasteiger partial charge in [0.25, 0.3) is 5.91 Å². The first-order valence-electron chi connectivity index (χ1n) is 10.4. The molecule has 31 heavy (non-hydrogen) atoms. The molecule has 2 aliphatic rings. The smallest absolute Gasteiger partial charge is 0.254 e. The fourth-order valence-corrected chi connectivity index (χ4v) is 4.36. The van der Waals surface area contributed by atoms with Crippen molar-refractivity contribution in [2.24, 2.45) is 0 Å². The largest absolute Gasteiger partial charge is 0.454 e. The first-order chi connectivity index (χ1) is 15.3. The molecule has 0 spiro atoms. The minimum atomic E-state index is -0.175. The molecule has 1 amide bonds. The van der Waals surface area contributed by atoms with Gasteiger partial charge in [0.1, 0.15) is 11.6 Å². The number of hydrogen-bond donors (Lipinski definition) is 0. The highest BCUT2D eigenvalue weighted by Crippen LogP contribution is 2.37. The summed E-state index contributed by atoms with van der Waals surface area (Å²) in [5, 5.41) is 0. The predicted octanol–water partition coefficient (Wildman–Crippen LogP) is 5.20. The van der Waals surface area contributed by atoms with Gasteiger partial charge in [0.2, 0.25) is 12.7 Å². The Morgan fingerprint density at radius 1 is 0.935 bits per heavy atom. The summed E-state index contributed by atoms with van der Waals surface area (Å²) in [6.45, 7) is 0.860. The molecule has 6 heteroatoms. The highest BCUT2D eigenvalue weighted by Gasteiger charge is 2.34. The molecule has 0 unspecified atom stereocenters. The Bertz CT molecular complexity index is 1280. The molecule has 0 N–H and O–H groups in total. The maximum atomic E-state index is 13.2. The van der Waals surface area contributed by atoms with Crippen LogP contribution in [0.4, 0.5) is 0 Å². The van der Waals surface area contributed by atoms with Gasteiger partial charge in [-0.1, -0.05) is 36.4 Å². The van der Waals surface area contributed by atoms with Crippen LogP contribution < -0.4 is 9.47 Å². The molecule has 6 rings (SSSR count). The van der Waals surface area contributed by atoms with E-state index in [1.807, 2.05) is 41.3 Å². The third-order valence-corrected chi connectivity index (χ3v) is 5.93. The van der Waals surface area contributed by atoms with Gasteiger partial charge in [0.05, 0.1) is 0 Å². The minimum absolute atomic E-state index is 0.0481. The highest BCUT2D eigenvalue weighted by atomic mass is 16.7. The van der Waals surface area contributed by atoms with Crippen LogP contribution in [0.1, 0.15) is 35.1 Å². The Morgan fingerprint density at radius 3 is 2.71 bits per heavy atom. The Morgan fingerprint density at radius 2 is 1.81 bits per heavy atom. The van der Waals surface area contributed by atoms with E-state index in [2.05, 4.69) is 12.1 Å². The van der Waals surface area contributed by atoms with Gasteiger partial charge in [-0.25, -0.2) is 4.98 Å². The van der Waals surface area contributed by atoms with Crippen molar-refractivity contribution in [1.82, 2.24) is 9.88 Å². The van der Waals surface area contributed by atoms with Crippen molar-refractivity contribution in [2.45, 2.75) is 18.9 Å². The Balaban J connectivity index is 1.31. The zero-order valence-electron chi connectivity index (χ0n) is 16.8. The predicted molar refractivity (Wildman–Crippen MR) is 115 cm³/mol. The van der Waals surface area contributed by atoms with E-state index in [4.69, 9.17) is 18.9 Å². The van der Waals surface area contributed by atoms with Gasteiger partial charge >= 0.3 is 0 Å². The molecular weight excluding hydrogens is 392 g/mol. The summed E-state index contributed by atoms with van der Waals surface area (Å²) in [5.41, 5.74) is 4.34. The van der Waals surface area contributed by atoms with Crippen LogP contribution >= 0.6 is 0 Å². The van der Waals surface area contributed by atoms with Crippen LogP contribution in [0.2, 0.25) is 0 Å². The second-order valence-electron chi connectivity index (χ2n) is 7.83. The number of nitrogens with zero attached hydrogens (tertiary/aromatic N) is 2. The fourth-order valence-electron chi connectivity index (χ4n) is 4.36. The third kappa shape index (κ3) is 3.11. The Kier molecular flexibility index (Phi) is 4.16. The lowest BCUT2D eigenvalue weighted by Gasteiger charge is -2.22. The lowest BCUT2D eigenvalue weighted by atomic mass is 10.1. The minimum Gasteiger partial charge on any atom is -0.454 e. The van der Waals surface area contributed by atoms with Crippen molar-refractivity contribution in [3.63, 3.8) is 0 Å². The molecule has 0 bridgehead atoms. The van der Waals surface area contributed by atoms with E-state index < -0.39 is 0 Å². The number of carbonyl (C=O) groups excluding carboxylic acids is 1. The second kappa shape index (κ2) is 7.16. The number of ether oxygens (including phenoxy) is 2. The van der Waals surface area contributed by atoms with E-state index in [-0.39, 0.29) is 18.7 Å². The molecule has 4 aromatic rings. The van der Waals surface area contributed by atoms with Crippen molar-refractivity contribution in [2.75, 3.05) is 13.3 Å². The van der Waals surface area contributed by atoms with E-state index in [0.717, 1.165) is 35.1 Å². The van der Waals surface area contributed by atoms with Crippen molar-refractivity contribution >= 4 is 17.0 Å². The topological polar surface area (TPSA) is 64.8 Å². The number of likely N-dealkylation sites (tertiary alicyclic amines) is 1. The van der Waals surface area contributed by atoms with Crippen LogP contribution in [0.15, 0.2) is 71.1 Å². The van der Waals surface area contributed by atoms with Crippen LogP contribution in [-0.2, 0) is 0 Å². The average Bonchev–Trinajstić information content (AvgIpc) is 3.56. The number of oxazole rings is 1. The van der Waals surface area contributed by atoms with Crippen molar-refractivity contribution in [3.8, 4) is 22.6 Å². The van der Waals surface area contributed by atoms with Crippen LogP contribution in [0.25, 0.3) is 22.2 Å². The second-order valence-corrected chi connectivity index (χ2v) is 7.83. The summed E-state index contributed by atoms with van der Waals surface area (Å²) < 4.78 is 16.9. The van der Waals surface area contributed by atoms with E-state index in [9.17, 15) is 4.79 Å². The zero-order chi connectivity index (χ0) is 20.8. The highest BCUT2D eigenvalue weighted by molar-refractivity contribution is 5.95. The monoisotopic (exact) mass is 412 g/mol. The summed E-state index contributed by atoms with van der Waals surface area (Å²) in [7, 11) is 0. The first-order valence-corrected chi connectivity index (χ1v) is 10.4. The van der Waals surface area contributed by atoms with Crippen molar-refractivity contribution in [1.29, 1.82) is 0 Å². The molecule has 0 saturated carbocycles. The van der Waals surface area contributed by atoms with Crippen molar-refractivity contribution in [3.05, 3.63) is 78.2 Å². The molecule has 0 radical (unpaired) electrons. The average molecular weight is 412 g/mol. The standard InChI is InChI=1S/C25H20N2O4/c28-25(18-9-11-22-23(14-18)30-15-29-22)27-12-4-7-20(27)24-26-19-13-17(8-10-21(19)31-24)16-5-2-1-3-6-16/h1-3,5-6,8-11,13-14,20H,4,7,12,15H2/t20-/m0/s1. The molecule has 1 aromatic heterocycles. The molecule has 2 aliphatic heterocycles.